The van der Waals surface area contributed by atoms with Gasteiger partial charge in [-0.1, -0.05) is 0 Å². The maximum Gasteiger partial charge on any atom is 0.125 e. The van der Waals surface area contributed by atoms with Crippen molar-refractivity contribution in [1.29, 1.82) is 0 Å². The number of hydrogen-bond acceptors (Lipinski definition) is 5. The smallest absolute Gasteiger partial charge is 0.125 e. The molecular formula is C13H22N4O. The Hall–Kier alpha value is -1.17. The van der Waals surface area contributed by atoms with Gasteiger partial charge in [-0.05, 0) is 17.7 Å². The Labute approximate surface area is 108 Å². The molecule has 2 heterocycles. The summed E-state index contributed by atoms with van der Waals surface area (Å²) >= 11 is 0. The first-order chi connectivity index (χ1) is 8.81. The summed E-state index contributed by atoms with van der Waals surface area (Å²) in [6, 6.07) is 4.17. The molecule has 1 aliphatic rings. The molecule has 2 N–H and O–H groups in total. The Morgan fingerprint density at radius 1 is 1.28 bits per heavy atom. The van der Waals surface area contributed by atoms with E-state index in [0.717, 1.165) is 45.1 Å². The molecule has 0 aromatic carbocycles. The van der Waals surface area contributed by atoms with Gasteiger partial charge in [0.1, 0.15) is 5.82 Å². The van der Waals surface area contributed by atoms with Crippen LogP contribution in [0.4, 0.5) is 5.82 Å². The van der Waals surface area contributed by atoms with E-state index in [0.29, 0.717) is 0 Å². The molecule has 0 saturated carbocycles. The first-order valence-corrected chi connectivity index (χ1v) is 6.50. The van der Waals surface area contributed by atoms with E-state index < -0.39 is 0 Å². The zero-order chi connectivity index (χ0) is 12.8. The van der Waals surface area contributed by atoms with Crippen molar-refractivity contribution in [1.82, 2.24) is 14.8 Å². The number of hydrogen-bond donors (Lipinski definition) is 2. The van der Waals surface area contributed by atoms with E-state index >= 15 is 0 Å². The Bertz CT molecular complexity index is 364. The molecule has 1 aromatic heterocycles. The van der Waals surface area contributed by atoms with E-state index in [1.54, 1.807) is 0 Å². The zero-order valence-electron chi connectivity index (χ0n) is 11.0. The highest BCUT2D eigenvalue weighted by Crippen LogP contribution is 2.11. The fraction of sp³-hybridized carbons (Fsp3) is 0.615. The van der Waals surface area contributed by atoms with Crippen molar-refractivity contribution < 1.29 is 5.11 Å². The van der Waals surface area contributed by atoms with Crippen LogP contribution in [0.1, 0.15) is 5.56 Å². The maximum absolute atomic E-state index is 8.91. The number of nitrogens with one attached hydrogen (secondary N) is 1. The van der Waals surface area contributed by atoms with E-state index in [1.807, 2.05) is 13.2 Å². The van der Waals surface area contributed by atoms with Crippen molar-refractivity contribution >= 4 is 5.82 Å². The van der Waals surface area contributed by atoms with Gasteiger partial charge in [0.05, 0.1) is 6.61 Å². The molecule has 0 amide bonds. The second-order valence-electron chi connectivity index (χ2n) is 4.64. The highest BCUT2D eigenvalue weighted by molar-refractivity contribution is 5.36. The summed E-state index contributed by atoms with van der Waals surface area (Å²) in [4.78, 5) is 8.98. The molecule has 0 unspecified atom stereocenters. The van der Waals surface area contributed by atoms with Crippen LogP contribution in [0.15, 0.2) is 18.3 Å². The van der Waals surface area contributed by atoms with Crippen molar-refractivity contribution in [3.05, 3.63) is 23.9 Å². The molecule has 100 valence electrons. The number of aromatic nitrogens is 1. The predicted molar refractivity (Wildman–Crippen MR) is 72.6 cm³/mol. The highest BCUT2D eigenvalue weighted by Gasteiger charge is 2.16. The van der Waals surface area contributed by atoms with E-state index in [1.165, 1.54) is 5.56 Å². The van der Waals surface area contributed by atoms with Gasteiger partial charge in [0.25, 0.3) is 0 Å². The second kappa shape index (κ2) is 6.68. The molecule has 0 atom stereocenters. The zero-order valence-corrected chi connectivity index (χ0v) is 11.0. The molecule has 18 heavy (non-hydrogen) atoms. The van der Waals surface area contributed by atoms with E-state index in [4.69, 9.17) is 5.11 Å². The Morgan fingerprint density at radius 3 is 2.67 bits per heavy atom. The van der Waals surface area contributed by atoms with Crippen LogP contribution in [0, 0.1) is 0 Å². The third-order valence-electron chi connectivity index (χ3n) is 3.37. The summed E-state index contributed by atoms with van der Waals surface area (Å²) in [7, 11) is 1.89. The average Bonchev–Trinajstić information content (AvgIpc) is 2.42. The van der Waals surface area contributed by atoms with Crippen molar-refractivity contribution in [2.45, 2.75) is 6.54 Å². The molecule has 5 heteroatoms. The Balaban J connectivity index is 1.83. The van der Waals surface area contributed by atoms with Crippen molar-refractivity contribution in [3.8, 4) is 0 Å². The largest absolute Gasteiger partial charge is 0.395 e. The molecule has 1 fully saturated rings. The van der Waals surface area contributed by atoms with Crippen LogP contribution in [-0.2, 0) is 6.54 Å². The fourth-order valence-electron chi connectivity index (χ4n) is 2.28. The molecule has 1 aliphatic heterocycles. The molecule has 0 spiro atoms. The van der Waals surface area contributed by atoms with Gasteiger partial charge in [0.2, 0.25) is 0 Å². The summed E-state index contributed by atoms with van der Waals surface area (Å²) in [5.74, 6) is 0.923. The van der Waals surface area contributed by atoms with Gasteiger partial charge in [0.15, 0.2) is 0 Å². The molecule has 1 aromatic rings. The monoisotopic (exact) mass is 250 g/mol. The minimum Gasteiger partial charge on any atom is -0.395 e. The van der Waals surface area contributed by atoms with Crippen molar-refractivity contribution in [3.63, 3.8) is 0 Å². The van der Waals surface area contributed by atoms with Gasteiger partial charge < -0.3 is 10.4 Å². The summed E-state index contributed by atoms with van der Waals surface area (Å²) in [5, 5.41) is 12.0. The molecular weight excluding hydrogens is 228 g/mol. The number of β-amino-alcohol motifs (C(OH)–C–C–N with tert-alkyl or cyclic N) is 1. The first-order valence-electron chi connectivity index (χ1n) is 6.50. The standard InChI is InChI=1S/C13H22N4O/c1-14-13-10-12(2-3-15-13)11-17-6-4-16(5-7-17)8-9-18/h2-3,10,18H,4-9,11H2,1H3,(H,14,15). The minimum absolute atomic E-state index is 0.260. The number of rotatable bonds is 5. The summed E-state index contributed by atoms with van der Waals surface area (Å²) in [6.45, 7) is 6.26. The minimum atomic E-state index is 0.260. The molecule has 2 rings (SSSR count). The van der Waals surface area contributed by atoms with Crippen LogP contribution in [0.5, 0.6) is 0 Å². The highest BCUT2D eigenvalue weighted by atomic mass is 16.3. The summed E-state index contributed by atoms with van der Waals surface area (Å²) in [5.41, 5.74) is 1.30. The van der Waals surface area contributed by atoms with Gasteiger partial charge in [-0.25, -0.2) is 4.98 Å². The van der Waals surface area contributed by atoms with Crippen LogP contribution < -0.4 is 5.32 Å². The van der Waals surface area contributed by atoms with Crippen molar-refractivity contribution in [2.24, 2.45) is 0 Å². The number of aliphatic hydroxyl groups is 1. The van der Waals surface area contributed by atoms with Gasteiger partial charge in [-0.15, -0.1) is 0 Å². The van der Waals surface area contributed by atoms with Crippen LogP contribution in [-0.4, -0.2) is 66.3 Å². The number of piperazine rings is 1. The number of anilines is 1. The molecule has 0 bridgehead atoms. The topological polar surface area (TPSA) is 51.6 Å². The van der Waals surface area contributed by atoms with Crippen LogP contribution >= 0.6 is 0 Å². The lowest BCUT2D eigenvalue weighted by atomic mass is 10.2. The van der Waals surface area contributed by atoms with Crippen LogP contribution in [0.3, 0.4) is 0 Å². The summed E-state index contributed by atoms with van der Waals surface area (Å²) < 4.78 is 0. The average molecular weight is 250 g/mol. The predicted octanol–water partition coefficient (Wildman–Crippen LogP) is 0.233. The number of nitrogens with zero attached hydrogens (tertiary/aromatic N) is 3. The third kappa shape index (κ3) is 3.66. The third-order valence-corrected chi connectivity index (χ3v) is 3.37. The SMILES string of the molecule is CNc1cc(CN2CCN(CCO)CC2)ccn1. The molecule has 1 saturated heterocycles. The van der Waals surface area contributed by atoms with E-state index in [9.17, 15) is 0 Å². The van der Waals surface area contributed by atoms with Crippen LogP contribution in [0.25, 0.3) is 0 Å². The van der Waals surface area contributed by atoms with Gasteiger partial charge in [-0.2, -0.15) is 0 Å². The number of aliphatic hydroxyl groups excluding tert-OH is 1. The first kappa shape index (κ1) is 13.3. The van der Waals surface area contributed by atoms with Crippen LogP contribution in [0.2, 0.25) is 0 Å². The normalized spacial score (nSPS) is 17.9. The molecule has 0 radical (unpaired) electrons. The van der Waals surface area contributed by atoms with Gasteiger partial charge in [-0.3, -0.25) is 9.80 Å². The van der Waals surface area contributed by atoms with Gasteiger partial charge >= 0.3 is 0 Å². The Kier molecular flexibility index (Phi) is 4.92. The van der Waals surface area contributed by atoms with Gasteiger partial charge in [0, 0.05) is 52.5 Å². The second-order valence-corrected chi connectivity index (χ2v) is 4.64. The lowest BCUT2D eigenvalue weighted by Crippen LogP contribution is -2.46. The van der Waals surface area contributed by atoms with E-state index in [-0.39, 0.29) is 6.61 Å². The lowest BCUT2D eigenvalue weighted by molar-refractivity contribution is 0.108. The maximum atomic E-state index is 8.91. The summed E-state index contributed by atoms with van der Waals surface area (Å²) in [6.07, 6.45) is 1.85. The molecule has 5 nitrogen and oxygen atoms in total. The Morgan fingerprint density at radius 2 is 2.00 bits per heavy atom. The van der Waals surface area contributed by atoms with Crippen molar-refractivity contribution in [2.75, 3.05) is 51.7 Å². The number of pyridine rings is 1. The quantitative estimate of drug-likeness (QED) is 0.784. The van der Waals surface area contributed by atoms with E-state index in [2.05, 4.69) is 32.2 Å². The lowest BCUT2D eigenvalue weighted by Gasteiger charge is -2.34. The molecule has 0 aliphatic carbocycles. The fourth-order valence-corrected chi connectivity index (χ4v) is 2.28.